The monoisotopic (exact) mass is 275 g/mol. The summed E-state index contributed by atoms with van der Waals surface area (Å²) in [6.07, 6.45) is 0.108. The molecule has 0 aliphatic rings. The molecule has 1 unspecified atom stereocenters. The second kappa shape index (κ2) is 7.33. The van der Waals surface area contributed by atoms with E-state index in [1.54, 1.807) is 19.1 Å². The SMILES string of the molecule is CC(O)CCC(=O)Nc1ccc(SC(F)F)cc1. The van der Waals surface area contributed by atoms with E-state index in [-0.39, 0.29) is 12.3 Å². The largest absolute Gasteiger partial charge is 0.393 e. The first-order valence-electron chi connectivity index (χ1n) is 5.50. The summed E-state index contributed by atoms with van der Waals surface area (Å²) in [5, 5.41) is 11.7. The van der Waals surface area contributed by atoms with Crippen molar-refractivity contribution in [3.8, 4) is 0 Å². The molecule has 18 heavy (non-hydrogen) atoms. The number of carbonyl (C=O) groups excluding carboxylic acids is 1. The van der Waals surface area contributed by atoms with E-state index in [0.717, 1.165) is 0 Å². The second-order valence-corrected chi connectivity index (χ2v) is 4.90. The maximum atomic E-state index is 12.1. The first-order valence-corrected chi connectivity index (χ1v) is 6.38. The van der Waals surface area contributed by atoms with Crippen LogP contribution in [0, 0.1) is 0 Å². The minimum absolute atomic E-state index is 0.204. The first-order chi connectivity index (χ1) is 8.47. The minimum atomic E-state index is -2.45. The molecule has 0 fully saturated rings. The molecule has 3 nitrogen and oxygen atoms in total. The van der Waals surface area contributed by atoms with Crippen LogP contribution < -0.4 is 5.32 Å². The van der Waals surface area contributed by atoms with Crippen LogP contribution in [0.4, 0.5) is 14.5 Å². The molecule has 1 aromatic rings. The van der Waals surface area contributed by atoms with Crippen LogP contribution in [0.5, 0.6) is 0 Å². The fraction of sp³-hybridized carbons (Fsp3) is 0.417. The van der Waals surface area contributed by atoms with Gasteiger partial charge in [-0.15, -0.1) is 0 Å². The van der Waals surface area contributed by atoms with Crippen molar-refractivity contribution in [2.45, 2.75) is 36.5 Å². The molecule has 1 amide bonds. The summed E-state index contributed by atoms with van der Waals surface area (Å²) in [6, 6.07) is 6.21. The lowest BCUT2D eigenvalue weighted by atomic mass is 10.2. The topological polar surface area (TPSA) is 49.3 Å². The van der Waals surface area contributed by atoms with Crippen molar-refractivity contribution in [1.29, 1.82) is 0 Å². The Morgan fingerprint density at radius 1 is 1.39 bits per heavy atom. The highest BCUT2D eigenvalue weighted by molar-refractivity contribution is 7.99. The quantitative estimate of drug-likeness (QED) is 0.784. The van der Waals surface area contributed by atoms with Crippen molar-refractivity contribution >= 4 is 23.4 Å². The second-order valence-electron chi connectivity index (χ2n) is 3.84. The van der Waals surface area contributed by atoms with E-state index in [2.05, 4.69) is 5.32 Å². The van der Waals surface area contributed by atoms with Gasteiger partial charge in [0.1, 0.15) is 0 Å². The van der Waals surface area contributed by atoms with Crippen LogP contribution in [-0.4, -0.2) is 22.9 Å². The third-order valence-electron chi connectivity index (χ3n) is 2.15. The van der Waals surface area contributed by atoms with Crippen molar-refractivity contribution < 1.29 is 18.7 Å². The van der Waals surface area contributed by atoms with Crippen molar-refractivity contribution in [2.24, 2.45) is 0 Å². The van der Waals surface area contributed by atoms with Gasteiger partial charge in [0.05, 0.1) is 6.10 Å². The predicted octanol–water partition coefficient (Wildman–Crippen LogP) is 3.10. The van der Waals surface area contributed by atoms with Gasteiger partial charge in [0.2, 0.25) is 5.91 Å². The zero-order valence-electron chi connectivity index (χ0n) is 9.90. The maximum Gasteiger partial charge on any atom is 0.288 e. The molecule has 0 aromatic heterocycles. The number of amides is 1. The molecule has 6 heteroatoms. The smallest absolute Gasteiger partial charge is 0.288 e. The average molecular weight is 275 g/mol. The Labute approximate surface area is 109 Å². The van der Waals surface area contributed by atoms with E-state index < -0.39 is 11.9 Å². The van der Waals surface area contributed by atoms with Crippen LogP contribution >= 0.6 is 11.8 Å². The molecule has 1 atom stereocenters. The molecule has 0 aliphatic carbocycles. The summed E-state index contributed by atoms with van der Waals surface area (Å²) in [6.45, 7) is 1.61. The fourth-order valence-electron chi connectivity index (χ4n) is 1.28. The summed E-state index contributed by atoms with van der Waals surface area (Å²) in [7, 11) is 0. The van der Waals surface area contributed by atoms with Crippen molar-refractivity contribution in [3.63, 3.8) is 0 Å². The Balaban J connectivity index is 2.45. The lowest BCUT2D eigenvalue weighted by Crippen LogP contribution is -2.13. The molecule has 0 radical (unpaired) electrons. The van der Waals surface area contributed by atoms with Crippen molar-refractivity contribution in [3.05, 3.63) is 24.3 Å². The number of hydrogen-bond donors (Lipinski definition) is 2. The highest BCUT2D eigenvalue weighted by Gasteiger charge is 2.07. The van der Waals surface area contributed by atoms with E-state index in [9.17, 15) is 13.6 Å². The zero-order chi connectivity index (χ0) is 13.5. The van der Waals surface area contributed by atoms with E-state index >= 15 is 0 Å². The Hall–Kier alpha value is -1.14. The summed E-state index contributed by atoms with van der Waals surface area (Å²) >= 11 is 0.461. The van der Waals surface area contributed by atoms with Gasteiger partial charge in [0.15, 0.2) is 0 Å². The van der Waals surface area contributed by atoms with E-state index in [1.165, 1.54) is 12.1 Å². The molecule has 100 valence electrons. The highest BCUT2D eigenvalue weighted by Crippen LogP contribution is 2.26. The predicted molar refractivity (Wildman–Crippen MR) is 67.8 cm³/mol. The van der Waals surface area contributed by atoms with Crippen molar-refractivity contribution in [2.75, 3.05) is 5.32 Å². The summed E-state index contributed by atoms with van der Waals surface area (Å²) in [5.74, 6) is -2.65. The number of aliphatic hydroxyl groups is 1. The fourth-order valence-corrected chi connectivity index (χ4v) is 1.78. The van der Waals surface area contributed by atoms with Gasteiger partial charge in [-0.05, 0) is 37.6 Å². The lowest BCUT2D eigenvalue weighted by Gasteiger charge is -2.07. The Morgan fingerprint density at radius 2 is 2.00 bits per heavy atom. The molecule has 0 saturated heterocycles. The van der Waals surface area contributed by atoms with E-state index in [1.807, 2.05) is 0 Å². The van der Waals surface area contributed by atoms with Crippen LogP contribution in [0.15, 0.2) is 29.2 Å². The molecular formula is C12H15F2NO2S. The molecule has 1 rings (SSSR count). The number of benzene rings is 1. The minimum Gasteiger partial charge on any atom is -0.393 e. The van der Waals surface area contributed by atoms with E-state index in [0.29, 0.717) is 28.8 Å². The summed E-state index contributed by atoms with van der Waals surface area (Å²) < 4.78 is 24.2. The molecule has 0 bridgehead atoms. The van der Waals surface area contributed by atoms with Gasteiger partial charge < -0.3 is 10.4 Å². The van der Waals surface area contributed by atoms with Crippen LogP contribution in [0.3, 0.4) is 0 Å². The van der Waals surface area contributed by atoms with Crippen LogP contribution in [0.25, 0.3) is 0 Å². The number of carbonyl (C=O) groups is 1. The van der Waals surface area contributed by atoms with Crippen LogP contribution in [0.2, 0.25) is 0 Å². The maximum absolute atomic E-state index is 12.1. The van der Waals surface area contributed by atoms with Crippen molar-refractivity contribution in [1.82, 2.24) is 0 Å². The molecule has 0 aliphatic heterocycles. The molecule has 1 aromatic carbocycles. The van der Waals surface area contributed by atoms with Gasteiger partial charge in [-0.25, -0.2) is 0 Å². The van der Waals surface area contributed by atoms with Gasteiger partial charge >= 0.3 is 0 Å². The van der Waals surface area contributed by atoms with Gasteiger partial charge in [-0.2, -0.15) is 8.78 Å². The normalized spacial score (nSPS) is 12.5. The molecule has 0 heterocycles. The number of anilines is 1. The molecule has 0 saturated carbocycles. The Bertz CT molecular complexity index is 382. The number of nitrogens with one attached hydrogen (secondary N) is 1. The highest BCUT2D eigenvalue weighted by atomic mass is 32.2. The number of alkyl halides is 2. The van der Waals surface area contributed by atoms with Gasteiger partial charge in [-0.1, -0.05) is 11.8 Å². The third kappa shape index (κ3) is 5.97. The van der Waals surface area contributed by atoms with Crippen LogP contribution in [-0.2, 0) is 4.79 Å². The van der Waals surface area contributed by atoms with Gasteiger partial charge in [0, 0.05) is 17.0 Å². The molecular weight excluding hydrogens is 260 g/mol. The zero-order valence-corrected chi connectivity index (χ0v) is 10.7. The average Bonchev–Trinajstić information content (AvgIpc) is 2.28. The molecule has 2 N–H and O–H groups in total. The number of hydrogen-bond acceptors (Lipinski definition) is 3. The summed E-state index contributed by atoms with van der Waals surface area (Å²) in [5.41, 5.74) is 0.559. The third-order valence-corrected chi connectivity index (χ3v) is 2.87. The first kappa shape index (κ1) is 14.9. The van der Waals surface area contributed by atoms with E-state index in [4.69, 9.17) is 5.11 Å². The standard InChI is InChI=1S/C12H15F2NO2S/c1-8(16)2-7-11(17)15-9-3-5-10(6-4-9)18-12(13)14/h3-6,8,12,16H,2,7H2,1H3,(H,15,17). The summed E-state index contributed by atoms with van der Waals surface area (Å²) in [4.78, 5) is 11.9. The number of thioether (sulfide) groups is 1. The lowest BCUT2D eigenvalue weighted by molar-refractivity contribution is -0.116. The van der Waals surface area contributed by atoms with Gasteiger partial charge in [0.25, 0.3) is 5.76 Å². The Kier molecular flexibility index (Phi) is 6.07. The van der Waals surface area contributed by atoms with Gasteiger partial charge in [-0.3, -0.25) is 4.79 Å². The van der Waals surface area contributed by atoms with Crippen LogP contribution in [0.1, 0.15) is 19.8 Å². The molecule has 0 spiro atoms. The number of rotatable bonds is 6. The number of halogens is 2. The Morgan fingerprint density at radius 3 is 2.50 bits per heavy atom. The number of aliphatic hydroxyl groups excluding tert-OH is 1.